The number of carboxylic acids is 1. The third-order valence-electron chi connectivity index (χ3n) is 11.8. The minimum absolute atomic E-state index is 0.0506. The van der Waals surface area contributed by atoms with Crippen LogP contribution in [0.5, 0.6) is 5.75 Å². The van der Waals surface area contributed by atoms with E-state index in [4.69, 9.17) is 14.2 Å². The SMILES string of the molecule is COC[C@H]1CN(C(=O)[C@]2(F)CN(C3CCC(OC)CC3)C[C@H]2c2ccc(OC)cc2)C[C@@H]1c1ccc(C(F)(F)F)cc1N1CCC(C(=O)O)CC1. The lowest BCUT2D eigenvalue weighted by Gasteiger charge is -2.35. The molecule has 2 aromatic carbocycles. The lowest BCUT2D eigenvalue weighted by atomic mass is 9.85. The van der Waals surface area contributed by atoms with Crippen molar-refractivity contribution in [3.8, 4) is 5.75 Å². The fraction of sp³-hybridized carbons (Fsp3) is 0.632. The van der Waals surface area contributed by atoms with Gasteiger partial charge < -0.3 is 29.1 Å². The van der Waals surface area contributed by atoms with E-state index in [1.165, 1.54) is 13.2 Å². The van der Waals surface area contributed by atoms with E-state index in [9.17, 15) is 27.9 Å². The van der Waals surface area contributed by atoms with Gasteiger partial charge in [0.25, 0.3) is 5.91 Å². The average molecular weight is 720 g/mol. The van der Waals surface area contributed by atoms with Gasteiger partial charge in [0.2, 0.25) is 5.67 Å². The van der Waals surface area contributed by atoms with Crippen LogP contribution in [0.2, 0.25) is 0 Å². The van der Waals surface area contributed by atoms with Gasteiger partial charge in [-0.1, -0.05) is 18.2 Å². The third kappa shape index (κ3) is 7.71. The fourth-order valence-corrected chi connectivity index (χ4v) is 8.91. The van der Waals surface area contributed by atoms with Crippen molar-refractivity contribution in [2.24, 2.45) is 11.8 Å². The van der Waals surface area contributed by atoms with Crippen LogP contribution in [0.15, 0.2) is 42.5 Å². The van der Waals surface area contributed by atoms with Gasteiger partial charge in [0.05, 0.1) is 31.3 Å². The first-order valence-electron chi connectivity index (χ1n) is 17.9. The van der Waals surface area contributed by atoms with E-state index in [2.05, 4.69) is 4.90 Å². The second-order valence-electron chi connectivity index (χ2n) is 14.7. The molecule has 1 amide bonds. The Kier molecular flexibility index (Phi) is 11.2. The minimum atomic E-state index is -4.58. The Hall–Kier alpha value is -3.42. The summed E-state index contributed by atoms with van der Waals surface area (Å²) >= 11 is 0. The molecule has 2 aromatic rings. The Morgan fingerprint density at radius 3 is 2.20 bits per heavy atom. The summed E-state index contributed by atoms with van der Waals surface area (Å²) in [6.07, 6.45) is -0.353. The standard InChI is InChI=1S/C38H49F4N3O6/c1-49-22-26-19-44(20-32(26)31-13-6-27(38(40,41)42)18-34(31)43-16-14-25(15-17-43)35(46)47)36(48)37(39)23-45(28-7-11-30(51-3)12-8-28)21-33(37)24-4-9-29(50-2)10-5-24/h4-6,9-10,13,18,25-26,28,30,32-33H,7-8,11-12,14-17,19-23H2,1-3H3,(H,46,47)/t26-,28?,30?,32+,33+,37+/m1/s1. The van der Waals surface area contributed by atoms with Gasteiger partial charge >= 0.3 is 12.1 Å². The van der Waals surface area contributed by atoms with Gasteiger partial charge in [-0.15, -0.1) is 0 Å². The van der Waals surface area contributed by atoms with Gasteiger partial charge in [0.1, 0.15) is 5.75 Å². The Bertz CT molecular complexity index is 1530. The number of carbonyl (C=O) groups excluding carboxylic acids is 1. The Morgan fingerprint density at radius 2 is 1.61 bits per heavy atom. The van der Waals surface area contributed by atoms with Crippen molar-refractivity contribution in [3.05, 3.63) is 59.2 Å². The van der Waals surface area contributed by atoms with Crippen molar-refractivity contribution in [3.63, 3.8) is 0 Å². The minimum Gasteiger partial charge on any atom is -0.497 e. The number of benzene rings is 2. The number of ether oxygens (including phenoxy) is 3. The number of anilines is 1. The van der Waals surface area contributed by atoms with Crippen LogP contribution in [0.25, 0.3) is 0 Å². The smallest absolute Gasteiger partial charge is 0.416 e. The topological polar surface area (TPSA) is 91.8 Å². The van der Waals surface area contributed by atoms with Crippen molar-refractivity contribution < 1.29 is 46.5 Å². The lowest BCUT2D eigenvalue weighted by molar-refractivity contribution is -0.143. The van der Waals surface area contributed by atoms with Gasteiger partial charge in [0.15, 0.2) is 0 Å². The van der Waals surface area contributed by atoms with Crippen LogP contribution in [0.1, 0.15) is 67.1 Å². The van der Waals surface area contributed by atoms with Crippen LogP contribution in [0.4, 0.5) is 23.2 Å². The van der Waals surface area contributed by atoms with E-state index < -0.39 is 47.0 Å². The summed E-state index contributed by atoms with van der Waals surface area (Å²) in [6, 6.07) is 11.0. The molecule has 4 fully saturated rings. The maximum atomic E-state index is 17.8. The summed E-state index contributed by atoms with van der Waals surface area (Å²) in [7, 11) is 4.81. The van der Waals surface area contributed by atoms with E-state index in [0.717, 1.165) is 37.8 Å². The molecule has 0 bridgehead atoms. The molecule has 4 aliphatic rings. The van der Waals surface area contributed by atoms with Gasteiger partial charge in [-0.05, 0) is 73.9 Å². The molecule has 3 saturated heterocycles. The molecule has 3 aliphatic heterocycles. The number of hydrogen-bond acceptors (Lipinski definition) is 7. The molecular formula is C38H49F4N3O6. The highest BCUT2D eigenvalue weighted by molar-refractivity contribution is 5.88. The Labute approximate surface area is 296 Å². The lowest BCUT2D eigenvalue weighted by Crippen LogP contribution is -2.50. The number of nitrogens with zero attached hydrogens (tertiary/aromatic N) is 3. The van der Waals surface area contributed by atoms with Crippen LogP contribution in [-0.4, -0.2) is 112 Å². The molecule has 6 rings (SSSR count). The second-order valence-corrected chi connectivity index (χ2v) is 14.7. The van der Waals surface area contributed by atoms with Crippen molar-refractivity contribution in [2.45, 2.75) is 74.4 Å². The van der Waals surface area contributed by atoms with E-state index >= 15 is 4.39 Å². The van der Waals surface area contributed by atoms with Crippen LogP contribution in [0, 0.1) is 11.8 Å². The molecule has 1 N–H and O–H groups in total. The molecule has 3 heterocycles. The van der Waals surface area contributed by atoms with Crippen molar-refractivity contribution in [1.82, 2.24) is 9.80 Å². The number of rotatable bonds is 10. The number of halogens is 4. The molecule has 4 atom stereocenters. The monoisotopic (exact) mass is 719 g/mol. The van der Waals surface area contributed by atoms with Crippen LogP contribution >= 0.6 is 0 Å². The maximum absolute atomic E-state index is 17.8. The fourth-order valence-electron chi connectivity index (χ4n) is 8.91. The molecular weight excluding hydrogens is 670 g/mol. The molecule has 51 heavy (non-hydrogen) atoms. The zero-order chi connectivity index (χ0) is 36.5. The molecule has 0 unspecified atom stereocenters. The summed E-state index contributed by atoms with van der Waals surface area (Å²) in [6.45, 7) is 1.45. The maximum Gasteiger partial charge on any atom is 0.416 e. The first kappa shape index (κ1) is 37.3. The van der Waals surface area contributed by atoms with Gasteiger partial charge in [0, 0.05) is 83.0 Å². The molecule has 1 saturated carbocycles. The normalized spacial score (nSPS) is 29.4. The molecule has 0 aromatic heterocycles. The van der Waals surface area contributed by atoms with Crippen LogP contribution < -0.4 is 9.64 Å². The number of alkyl halides is 4. The van der Waals surface area contributed by atoms with Gasteiger partial charge in [-0.25, -0.2) is 4.39 Å². The van der Waals surface area contributed by atoms with E-state index in [1.54, 1.807) is 31.3 Å². The number of hydrogen-bond donors (Lipinski definition) is 1. The highest BCUT2D eigenvalue weighted by atomic mass is 19.4. The molecule has 0 spiro atoms. The van der Waals surface area contributed by atoms with Crippen LogP contribution in [0.3, 0.4) is 0 Å². The number of methoxy groups -OCH3 is 3. The van der Waals surface area contributed by atoms with E-state index in [1.807, 2.05) is 17.0 Å². The summed E-state index contributed by atoms with van der Waals surface area (Å²) in [5, 5.41) is 9.52. The molecule has 9 nitrogen and oxygen atoms in total. The number of aliphatic carboxylic acids is 1. The molecule has 280 valence electrons. The highest BCUT2D eigenvalue weighted by Crippen LogP contribution is 2.47. The van der Waals surface area contributed by atoms with Crippen LogP contribution in [-0.2, 0) is 25.2 Å². The average Bonchev–Trinajstić information content (AvgIpc) is 3.72. The summed E-state index contributed by atoms with van der Waals surface area (Å²) in [5.74, 6) is -2.90. The molecule has 1 aliphatic carbocycles. The van der Waals surface area contributed by atoms with Crippen molar-refractivity contribution in [1.29, 1.82) is 0 Å². The largest absolute Gasteiger partial charge is 0.497 e. The first-order valence-corrected chi connectivity index (χ1v) is 17.9. The van der Waals surface area contributed by atoms with Gasteiger partial charge in [-0.2, -0.15) is 13.2 Å². The zero-order valence-electron chi connectivity index (χ0n) is 29.5. The number of likely N-dealkylation sites (tertiary alicyclic amines) is 2. The van der Waals surface area contributed by atoms with Crippen molar-refractivity contribution >= 4 is 17.6 Å². The number of piperidine rings is 1. The second kappa shape index (κ2) is 15.3. The summed E-state index contributed by atoms with van der Waals surface area (Å²) in [4.78, 5) is 31.7. The molecule has 0 radical (unpaired) electrons. The number of carboxylic acid groups (broad SMARTS) is 1. The zero-order valence-corrected chi connectivity index (χ0v) is 29.5. The van der Waals surface area contributed by atoms with Gasteiger partial charge in [-0.3, -0.25) is 14.5 Å². The number of carbonyl (C=O) groups is 2. The molecule has 13 heteroatoms. The Morgan fingerprint density at radius 1 is 0.922 bits per heavy atom. The quantitative estimate of drug-likeness (QED) is 0.301. The summed E-state index contributed by atoms with van der Waals surface area (Å²) in [5.41, 5.74) is -1.33. The van der Waals surface area contributed by atoms with E-state index in [-0.39, 0.29) is 57.4 Å². The third-order valence-corrected chi connectivity index (χ3v) is 11.8. The predicted octanol–water partition coefficient (Wildman–Crippen LogP) is 5.97. The first-order chi connectivity index (χ1) is 24.4. The number of amides is 1. The Balaban J connectivity index is 1.30. The highest BCUT2D eigenvalue weighted by Gasteiger charge is 2.57. The van der Waals surface area contributed by atoms with E-state index in [0.29, 0.717) is 42.0 Å². The predicted molar refractivity (Wildman–Crippen MR) is 183 cm³/mol. The van der Waals surface area contributed by atoms with Crippen molar-refractivity contribution in [2.75, 3.05) is 72.1 Å². The summed E-state index contributed by atoms with van der Waals surface area (Å²) < 4.78 is 76.3.